The SMILES string of the molecule is Cc1n[nH]c(C)c1[C@H]1CCCN1CCCC1CCCC1. The normalized spacial score (nSPS) is 24.8. The van der Waals surface area contributed by atoms with Crippen molar-refractivity contribution in [1.82, 2.24) is 15.1 Å². The molecular formula is C17H29N3. The number of nitrogens with one attached hydrogen (secondary N) is 1. The van der Waals surface area contributed by atoms with Crippen LogP contribution in [0.3, 0.4) is 0 Å². The van der Waals surface area contributed by atoms with Crippen molar-refractivity contribution in [2.45, 2.75) is 71.3 Å². The molecule has 20 heavy (non-hydrogen) atoms. The van der Waals surface area contributed by atoms with E-state index in [9.17, 15) is 0 Å². The first-order valence-electron chi connectivity index (χ1n) is 8.51. The Morgan fingerprint density at radius 3 is 2.65 bits per heavy atom. The number of nitrogens with zero attached hydrogens (tertiary/aromatic N) is 2. The summed E-state index contributed by atoms with van der Waals surface area (Å²) in [7, 11) is 0. The molecule has 3 heteroatoms. The van der Waals surface area contributed by atoms with Crippen LogP contribution < -0.4 is 0 Å². The van der Waals surface area contributed by atoms with E-state index in [0.29, 0.717) is 6.04 Å². The molecule has 3 nitrogen and oxygen atoms in total. The molecule has 0 bridgehead atoms. The average molecular weight is 275 g/mol. The molecule has 2 fully saturated rings. The number of aromatic amines is 1. The van der Waals surface area contributed by atoms with Crippen LogP contribution in [0.25, 0.3) is 0 Å². The van der Waals surface area contributed by atoms with Crippen LogP contribution in [0.15, 0.2) is 0 Å². The quantitative estimate of drug-likeness (QED) is 0.876. The highest BCUT2D eigenvalue weighted by molar-refractivity contribution is 5.28. The van der Waals surface area contributed by atoms with E-state index in [-0.39, 0.29) is 0 Å². The van der Waals surface area contributed by atoms with Crippen LogP contribution in [0.2, 0.25) is 0 Å². The van der Waals surface area contributed by atoms with Crippen LogP contribution in [-0.4, -0.2) is 28.2 Å². The number of aryl methyl sites for hydroxylation is 2. The molecule has 0 spiro atoms. The minimum Gasteiger partial charge on any atom is -0.296 e. The zero-order valence-electron chi connectivity index (χ0n) is 13.1. The summed E-state index contributed by atoms with van der Waals surface area (Å²) in [5, 5.41) is 7.55. The maximum absolute atomic E-state index is 4.39. The monoisotopic (exact) mass is 275 g/mol. The molecule has 1 aliphatic carbocycles. The van der Waals surface area contributed by atoms with E-state index in [1.807, 2.05) is 0 Å². The molecule has 1 aliphatic heterocycles. The van der Waals surface area contributed by atoms with E-state index < -0.39 is 0 Å². The average Bonchev–Trinajstić information content (AvgIpc) is 3.13. The van der Waals surface area contributed by atoms with E-state index in [2.05, 4.69) is 28.9 Å². The summed E-state index contributed by atoms with van der Waals surface area (Å²) in [4.78, 5) is 2.71. The van der Waals surface area contributed by atoms with Gasteiger partial charge in [-0.25, -0.2) is 0 Å². The molecule has 3 rings (SSSR count). The second kappa shape index (κ2) is 6.30. The number of aromatic nitrogens is 2. The molecular weight excluding hydrogens is 246 g/mol. The van der Waals surface area contributed by atoms with Gasteiger partial charge in [-0.1, -0.05) is 25.7 Å². The smallest absolute Gasteiger partial charge is 0.0641 e. The molecule has 1 saturated heterocycles. The van der Waals surface area contributed by atoms with Gasteiger partial charge in [0.1, 0.15) is 0 Å². The molecule has 1 atom stereocenters. The Labute approximate surface area is 123 Å². The molecule has 0 unspecified atom stereocenters. The topological polar surface area (TPSA) is 31.9 Å². The summed E-state index contributed by atoms with van der Waals surface area (Å²) in [6.07, 6.45) is 11.4. The van der Waals surface area contributed by atoms with Crippen molar-refractivity contribution in [2.75, 3.05) is 13.1 Å². The molecule has 2 heterocycles. The summed E-state index contributed by atoms with van der Waals surface area (Å²) in [6, 6.07) is 0.623. The lowest BCUT2D eigenvalue weighted by molar-refractivity contribution is 0.244. The van der Waals surface area contributed by atoms with Gasteiger partial charge in [0.15, 0.2) is 0 Å². The van der Waals surface area contributed by atoms with Crippen molar-refractivity contribution < 1.29 is 0 Å². The lowest BCUT2D eigenvalue weighted by Gasteiger charge is -2.25. The van der Waals surface area contributed by atoms with Gasteiger partial charge in [-0.15, -0.1) is 0 Å². The number of hydrogen-bond donors (Lipinski definition) is 1. The summed E-state index contributed by atoms with van der Waals surface area (Å²) >= 11 is 0. The first kappa shape index (κ1) is 14.1. The van der Waals surface area contributed by atoms with Crippen molar-refractivity contribution >= 4 is 0 Å². The Hall–Kier alpha value is -0.830. The Kier molecular flexibility index (Phi) is 4.45. The molecule has 1 N–H and O–H groups in total. The zero-order chi connectivity index (χ0) is 13.9. The summed E-state index contributed by atoms with van der Waals surface area (Å²) < 4.78 is 0. The summed E-state index contributed by atoms with van der Waals surface area (Å²) in [5.74, 6) is 1.04. The van der Waals surface area contributed by atoms with Crippen LogP contribution >= 0.6 is 0 Å². The predicted molar refractivity (Wildman–Crippen MR) is 82.8 cm³/mol. The van der Waals surface area contributed by atoms with Crippen molar-refractivity contribution in [2.24, 2.45) is 5.92 Å². The summed E-state index contributed by atoms with van der Waals surface area (Å²) in [5.41, 5.74) is 3.95. The van der Waals surface area contributed by atoms with Crippen LogP contribution in [0, 0.1) is 19.8 Å². The minimum absolute atomic E-state index is 0.623. The molecule has 0 aromatic carbocycles. The number of H-pyrrole nitrogens is 1. The second-order valence-corrected chi connectivity index (χ2v) is 6.83. The predicted octanol–water partition coefficient (Wildman–Crippen LogP) is 4.13. The highest BCUT2D eigenvalue weighted by atomic mass is 15.2. The third-order valence-corrected chi connectivity index (χ3v) is 5.41. The second-order valence-electron chi connectivity index (χ2n) is 6.83. The van der Waals surface area contributed by atoms with Gasteiger partial charge in [0.05, 0.1) is 5.69 Å². The van der Waals surface area contributed by atoms with Crippen LogP contribution in [0.5, 0.6) is 0 Å². The van der Waals surface area contributed by atoms with Crippen molar-refractivity contribution in [3.8, 4) is 0 Å². The Morgan fingerprint density at radius 1 is 1.15 bits per heavy atom. The Balaban J connectivity index is 1.55. The van der Waals surface area contributed by atoms with Gasteiger partial charge in [0.25, 0.3) is 0 Å². The van der Waals surface area contributed by atoms with E-state index in [1.165, 1.54) is 81.4 Å². The summed E-state index contributed by atoms with van der Waals surface area (Å²) in [6.45, 7) is 6.88. The van der Waals surface area contributed by atoms with Gasteiger partial charge in [0, 0.05) is 17.3 Å². The highest BCUT2D eigenvalue weighted by Crippen LogP contribution is 2.35. The number of hydrogen-bond acceptors (Lipinski definition) is 2. The van der Waals surface area contributed by atoms with E-state index >= 15 is 0 Å². The lowest BCUT2D eigenvalue weighted by Crippen LogP contribution is -2.25. The van der Waals surface area contributed by atoms with Gasteiger partial charge in [-0.05, 0) is 58.5 Å². The van der Waals surface area contributed by atoms with Gasteiger partial charge >= 0.3 is 0 Å². The van der Waals surface area contributed by atoms with Gasteiger partial charge < -0.3 is 0 Å². The van der Waals surface area contributed by atoms with E-state index in [4.69, 9.17) is 0 Å². The molecule has 2 aliphatic rings. The maximum atomic E-state index is 4.39. The Morgan fingerprint density at radius 2 is 1.95 bits per heavy atom. The molecule has 1 saturated carbocycles. The molecule has 0 radical (unpaired) electrons. The van der Waals surface area contributed by atoms with E-state index in [1.54, 1.807) is 0 Å². The van der Waals surface area contributed by atoms with Gasteiger partial charge in [-0.3, -0.25) is 10.00 Å². The fraction of sp³-hybridized carbons (Fsp3) is 0.824. The fourth-order valence-corrected chi connectivity index (χ4v) is 4.35. The zero-order valence-corrected chi connectivity index (χ0v) is 13.1. The third kappa shape index (κ3) is 2.93. The van der Waals surface area contributed by atoms with Crippen molar-refractivity contribution in [3.63, 3.8) is 0 Å². The Bertz CT molecular complexity index is 412. The fourth-order valence-electron chi connectivity index (χ4n) is 4.35. The van der Waals surface area contributed by atoms with Gasteiger partial charge in [-0.2, -0.15) is 5.10 Å². The number of rotatable bonds is 5. The van der Waals surface area contributed by atoms with Crippen LogP contribution in [0.4, 0.5) is 0 Å². The van der Waals surface area contributed by atoms with Crippen molar-refractivity contribution in [1.29, 1.82) is 0 Å². The molecule has 112 valence electrons. The third-order valence-electron chi connectivity index (χ3n) is 5.41. The molecule has 1 aromatic rings. The number of likely N-dealkylation sites (tertiary alicyclic amines) is 1. The minimum atomic E-state index is 0.623. The van der Waals surface area contributed by atoms with Crippen molar-refractivity contribution in [3.05, 3.63) is 17.0 Å². The first-order valence-corrected chi connectivity index (χ1v) is 8.51. The maximum Gasteiger partial charge on any atom is 0.0641 e. The highest BCUT2D eigenvalue weighted by Gasteiger charge is 2.29. The molecule has 0 amide bonds. The van der Waals surface area contributed by atoms with Gasteiger partial charge in [0.2, 0.25) is 0 Å². The van der Waals surface area contributed by atoms with Crippen LogP contribution in [-0.2, 0) is 0 Å². The standard InChI is InChI=1S/C17H29N3/c1-13-17(14(2)19-18-13)16-10-6-12-20(16)11-5-9-15-7-3-4-8-15/h15-16H,3-12H2,1-2H3,(H,18,19)/t16-/m1/s1. The van der Waals surface area contributed by atoms with E-state index in [0.717, 1.165) is 5.92 Å². The van der Waals surface area contributed by atoms with Crippen LogP contribution in [0.1, 0.15) is 74.4 Å². The molecule has 1 aromatic heterocycles. The lowest BCUT2D eigenvalue weighted by atomic mass is 10.00. The largest absolute Gasteiger partial charge is 0.296 e. The first-order chi connectivity index (χ1) is 9.75.